The molecule has 1 saturated heterocycles. The van der Waals surface area contributed by atoms with Crippen LogP contribution in [0.5, 0.6) is 0 Å². The number of fused-ring (bicyclic) bond motifs is 1. The molecule has 27 heavy (non-hydrogen) atoms. The topological polar surface area (TPSA) is 61.8 Å². The van der Waals surface area contributed by atoms with Crippen LogP contribution < -0.4 is 0 Å². The molecule has 2 heterocycles. The van der Waals surface area contributed by atoms with E-state index in [2.05, 4.69) is 20.8 Å². The van der Waals surface area contributed by atoms with E-state index in [9.17, 15) is 9.59 Å². The first-order valence-electron chi connectivity index (χ1n) is 10.1. The Kier molecular flexibility index (Phi) is 3.19. The SMILES string of the molecule is CC1=C[C@@H](O/C=C2\C(=O)O[C@]34CCC5C(C)(C)CCC[C@]5(C)[C@]23C4)OC1=O. The van der Waals surface area contributed by atoms with E-state index in [-0.39, 0.29) is 33.8 Å². The fraction of sp³-hybridized carbons (Fsp3) is 0.727. The van der Waals surface area contributed by atoms with E-state index >= 15 is 0 Å². The van der Waals surface area contributed by atoms with Gasteiger partial charge in [-0.2, -0.15) is 0 Å². The molecule has 3 aliphatic carbocycles. The van der Waals surface area contributed by atoms with Crippen LogP contribution in [-0.2, 0) is 23.8 Å². The first-order valence-corrected chi connectivity index (χ1v) is 10.1. The van der Waals surface area contributed by atoms with Gasteiger partial charge in [0.05, 0.1) is 17.3 Å². The summed E-state index contributed by atoms with van der Waals surface area (Å²) in [6.45, 7) is 8.83. The van der Waals surface area contributed by atoms with Crippen molar-refractivity contribution in [1.29, 1.82) is 0 Å². The molecule has 1 unspecified atom stereocenters. The fourth-order valence-corrected chi connectivity index (χ4v) is 7.21. The van der Waals surface area contributed by atoms with E-state index in [0.29, 0.717) is 17.1 Å². The zero-order valence-corrected chi connectivity index (χ0v) is 16.6. The molecule has 0 aromatic carbocycles. The van der Waals surface area contributed by atoms with Gasteiger partial charge >= 0.3 is 11.9 Å². The number of hydrogen-bond donors (Lipinski definition) is 0. The number of rotatable bonds is 2. The van der Waals surface area contributed by atoms with Crippen LogP contribution >= 0.6 is 0 Å². The average Bonchev–Trinajstić information content (AvgIpc) is 3.03. The van der Waals surface area contributed by atoms with Crippen molar-refractivity contribution in [3.63, 3.8) is 0 Å². The Labute approximate surface area is 160 Å². The lowest BCUT2D eigenvalue weighted by atomic mass is 9.46. The monoisotopic (exact) mass is 372 g/mol. The molecule has 5 rings (SSSR count). The summed E-state index contributed by atoms with van der Waals surface area (Å²) in [4.78, 5) is 24.4. The Morgan fingerprint density at radius 1 is 1.15 bits per heavy atom. The maximum Gasteiger partial charge on any atom is 0.338 e. The first kappa shape index (κ1) is 17.3. The van der Waals surface area contributed by atoms with E-state index < -0.39 is 6.29 Å². The van der Waals surface area contributed by atoms with E-state index in [1.165, 1.54) is 12.8 Å². The van der Waals surface area contributed by atoms with Gasteiger partial charge in [0, 0.05) is 18.1 Å². The number of carbonyl (C=O) groups is 2. The van der Waals surface area contributed by atoms with Gasteiger partial charge in [-0.15, -0.1) is 0 Å². The summed E-state index contributed by atoms with van der Waals surface area (Å²) in [5.41, 5.74) is 0.905. The molecule has 5 atom stereocenters. The standard InChI is InChI=1S/C22H28O5/c1-13-10-16(26-17(13)23)25-11-14-18(24)27-21-9-6-15-19(2,3)7-5-8-20(15,4)22(14,21)12-21/h10-11,15-16H,5-9,12H2,1-4H3/b14-11+/t15?,16-,20-,21-,22-/m0/s1. The molecule has 0 radical (unpaired) electrons. The van der Waals surface area contributed by atoms with Crippen LogP contribution in [0.25, 0.3) is 0 Å². The quantitative estimate of drug-likeness (QED) is 0.416. The number of carbonyl (C=O) groups excluding carboxylic acids is 2. The molecule has 0 spiro atoms. The van der Waals surface area contributed by atoms with Crippen LogP contribution in [0.4, 0.5) is 0 Å². The lowest BCUT2D eigenvalue weighted by Gasteiger charge is -2.57. The second-order valence-electron chi connectivity index (χ2n) is 10.1. The summed E-state index contributed by atoms with van der Waals surface area (Å²) in [7, 11) is 0. The molecule has 0 aromatic rings. The number of cyclic esters (lactones) is 1. The van der Waals surface area contributed by atoms with Crippen molar-refractivity contribution in [3.8, 4) is 0 Å². The zero-order chi connectivity index (χ0) is 19.2. The van der Waals surface area contributed by atoms with Crippen LogP contribution in [0.3, 0.4) is 0 Å². The van der Waals surface area contributed by atoms with Gasteiger partial charge in [-0.05, 0) is 49.4 Å². The van der Waals surface area contributed by atoms with Gasteiger partial charge < -0.3 is 14.2 Å². The van der Waals surface area contributed by atoms with Crippen LogP contribution in [0.1, 0.15) is 66.2 Å². The van der Waals surface area contributed by atoms with Crippen molar-refractivity contribution >= 4 is 11.9 Å². The summed E-state index contributed by atoms with van der Waals surface area (Å²) >= 11 is 0. The van der Waals surface area contributed by atoms with Crippen LogP contribution in [-0.4, -0.2) is 23.8 Å². The van der Waals surface area contributed by atoms with Gasteiger partial charge in [-0.1, -0.05) is 27.2 Å². The van der Waals surface area contributed by atoms with Gasteiger partial charge in [0.25, 0.3) is 6.29 Å². The Bertz CT molecular complexity index is 808. The minimum atomic E-state index is -0.752. The molecule has 5 heteroatoms. The Hall–Kier alpha value is -1.78. The third kappa shape index (κ3) is 1.95. The Morgan fingerprint density at radius 2 is 1.93 bits per heavy atom. The summed E-state index contributed by atoms with van der Waals surface area (Å²) < 4.78 is 16.9. The number of hydrogen-bond acceptors (Lipinski definition) is 5. The van der Waals surface area contributed by atoms with Crippen molar-refractivity contribution in [2.45, 2.75) is 78.1 Å². The van der Waals surface area contributed by atoms with Crippen molar-refractivity contribution in [2.75, 3.05) is 0 Å². The zero-order valence-electron chi connectivity index (χ0n) is 16.6. The maximum absolute atomic E-state index is 12.8. The molecule has 0 amide bonds. The minimum Gasteiger partial charge on any atom is -0.458 e. The molecule has 0 N–H and O–H groups in total. The van der Waals surface area contributed by atoms with Crippen molar-refractivity contribution < 1.29 is 23.8 Å². The third-order valence-corrected chi connectivity index (χ3v) is 8.46. The maximum atomic E-state index is 12.8. The largest absolute Gasteiger partial charge is 0.458 e. The van der Waals surface area contributed by atoms with Gasteiger partial charge in [-0.3, -0.25) is 0 Å². The average molecular weight is 372 g/mol. The second-order valence-corrected chi connectivity index (χ2v) is 10.1. The molecular weight excluding hydrogens is 344 g/mol. The normalized spacial score (nSPS) is 48.1. The fourth-order valence-electron chi connectivity index (χ4n) is 7.21. The van der Waals surface area contributed by atoms with Crippen LogP contribution in [0.2, 0.25) is 0 Å². The lowest BCUT2D eigenvalue weighted by Crippen LogP contribution is -2.52. The molecule has 0 aromatic heterocycles. The first-order chi connectivity index (χ1) is 12.7. The van der Waals surface area contributed by atoms with E-state index in [4.69, 9.17) is 14.2 Å². The highest BCUT2D eigenvalue weighted by atomic mass is 16.7. The molecule has 5 nitrogen and oxygen atoms in total. The lowest BCUT2D eigenvalue weighted by molar-refractivity contribution is -0.152. The molecule has 5 aliphatic rings. The summed E-state index contributed by atoms with van der Waals surface area (Å²) in [5, 5.41) is 0. The highest BCUT2D eigenvalue weighted by Gasteiger charge is 2.86. The molecular formula is C22H28O5. The van der Waals surface area contributed by atoms with Gasteiger partial charge in [-0.25, -0.2) is 9.59 Å². The Balaban J connectivity index is 1.52. The molecule has 3 saturated carbocycles. The van der Waals surface area contributed by atoms with E-state index in [1.54, 1.807) is 19.3 Å². The molecule has 4 fully saturated rings. The number of ether oxygens (including phenoxy) is 3. The summed E-state index contributed by atoms with van der Waals surface area (Å²) in [5.74, 6) is -0.0553. The van der Waals surface area contributed by atoms with E-state index in [1.807, 2.05) is 0 Å². The highest BCUT2D eigenvalue weighted by Crippen LogP contribution is 2.84. The predicted octanol–water partition coefficient (Wildman–Crippen LogP) is 4.03. The third-order valence-electron chi connectivity index (χ3n) is 8.46. The van der Waals surface area contributed by atoms with Gasteiger partial charge in [0.1, 0.15) is 5.60 Å². The molecule has 2 aliphatic heterocycles. The van der Waals surface area contributed by atoms with Crippen LogP contribution in [0.15, 0.2) is 23.5 Å². The minimum absolute atomic E-state index is 0.0342. The highest BCUT2D eigenvalue weighted by molar-refractivity contribution is 5.96. The van der Waals surface area contributed by atoms with Crippen LogP contribution in [0, 0.1) is 22.2 Å². The molecule has 146 valence electrons. The number of esters is 2. The summed E-state index contributed by atoms with van der Waals surface area (Å²) in [6, 6.07) is 0. The van der Waals surface area contributed by atoms with Crippen molar-refractivity contribution in [3.05, 3.63) is 23.5 Å². The smallest absolute Gasteiger partial charge is 0.338 e. The van der Waals surface area contributed by atoms with Gasteiger partial charge in [0.2, 0.25) is 0 Å². The van der Waals surface area contributed by atoms with Gasteiger partial charge in [0.15, 0.2) is 0 Å². The predicted molar refractivity (Wildman–Crippen MR) is 97.1 cm³/mol. The van der Waals surface area contributed by atoms with Crippen molar-refractivity contribution in [1.82, 2.24) is 0 Å². The second kappa shape index (κ2) is 4.98. The van der Waals surface area contributed by atoms with E-state index in [0.717, 1.165) is 25.7 Å². The molecule has 0 bridgehead atoms. The Morgan fingerprint density at radius 3 is 2.63 bits per heavy atom. The van der Waals surface area contributed by atoms with Crippen molar-refractivity contribution in [2.24, 2.45) is 22.2 Å². The summed E-state index contributed by atoms with van der Waals surface area (Å²) in [6.07, 6.45) is 8.94.